The number of hydrogen-bond donors (Lipinski definition) is 1. The molecule has 140 valence electrons. The van der Waals surface area contributed by atoms with E-state index in [0.29, 0.717) is 31.0 Å². The van der Waals surface area contributed by atoms with Gasteiger partial charge in [0.15, 0.2) is 5.96 Å². The molecule has 1 unspecified atom stereocenters. The zero-order valence-electron chi connectivity index (χ0n) is 15.7. The lowest BCUT2D eigenvalue weighted by molar-refractivity contribution is 0.276. The van der Waals surface area contributed by atoms with E-state index in [-0.39, 0.29) is 0 Å². The zero-order chi connectivity index (χ0) is 17.8. The fourth-order valence-corrected chi connectivity index (χ4v) is 4.75. The third kappa shape index (κ3) is 4.63. The first-order valence-electron chi connectivity index (χ1n) is 9.32. The molecule has 0 aliphatic carbocycles. The van der Waals surface area contributed by atoms with E-state index in [1.165, 1.54) is 25.5 Å². The molecule has 2 saturated heterocycles. The van der Waals surface area contributed by atoms with Gasteiger partial charge in [0, 0.05) is 39.3 Å². The van der Waals surface area contributed by atoms with E-state index in [1.54, 1.807) is 4.31 Å². The highest BCUT2D eigenvalue weighted by atomic mass is 32.2. The summed E-state index contributed by atoms with van der Waals surface area (Å²) in [7, 11) is -3.06. The molecule has 2 rings (SSSR count). The average molecular weight is 359 g/mol. The molecule has 2 aliphatic heterocycles. The van der Waals surface area contributed by atoms with Crippen LogP contribution in [0.15, 0.2) is 4.99 Å². The van der Waals surface area contributed by atoms with Gasteiger partial charge >= 0.3 is 0 Å². The van der Waals surface area contributed by atoms with Crippen LogP contribution < -0.4 is 5.32 Å². The number of guanidine groups is 1. The minimum Gasteiger partial charge on any atom is -0.357 e. The Labute approximate surface area is 147 Å². The van der Waals surface area contributed by atoms with Crippen molar-refractivity contribution >= 4 is 16.0 Å². The van der Waals surface area contributed by atoms with Gasteiger partial charge in [0.2, 0.25) is 10.0 Å². The molecule has 0 radical (unpaired) electrons. The summed E-state index contributed by atoms with van der Waals surface area (Å²) < 4.78 is 24.9. The van der Waals surface area contributed by atoms with E-state index >= 15 is 0 Å². The third-order valence-electron chi connectivity index (χ3n) is 5.79. The molecule has 0 bridgehead atoms. The van der Waals surface area contributed by atoms with Gasteiger partial charge in [-0.25, -0.2) is 12.7 Å². The van der Waals surface area contributed by atoms with E-state index in [9.17, 15) is 8.42 Å². The molecule has 2 fully saturated rings. The number of rotatable bonds is 6. The molecule has 7 heteroatoms. The third-order valence-corrected chi connectivity index (χ3v) is 7.06. The average Bonchev–Trinajstić information content (AvgIpc) is 3.18. The highest BCUT2D eigenvalue weighted by molar-refractivity contribution is 7.88. The van der Waals surface area contributed by atoms with Gasteiger partial charge in [0.25, 0.3) is 0 Å². The summed E-state index contributed by atoms with van der Waals surface area (Å²) in [6.07, 6.45) is 5.86. The first-order chi connectivity index (χ1) is 11.3. The second kappa shape index (κ2) is 8.04. The Balaban J connectivity index is 1.97. The van der Waals surface area contributed by atoms with Crippen LogP contribution in [-0.4, -0.2) is 69.1 Å². The van der Waals surface area contributed by atoms with Gasteiger partial charge in [-0.3, -0.25) is 4.99 Å². The van der Waals surface area contributed by atoms with Crippen molar-refractivity contribution in [3.8, 4) is 0 Å². The van der Waals surface area contributed by atoms with Crippen LogP contribution in [0.5, 0.6) is 0 Å². The SMILES string of the molecule is CCNC(=NCC1CCN(S(C)(=O)=O)C1)N1CCC(CC)(CC)C1. The van der Waals surface area contributed by atoms with Gasteiger partial charge < -0.3 is 10.2 Å². The van der Waals surface area contributed by atoms with Gasteiger partial charge in [-0.05, 0) is 43.9 Å². The summed E-state index contributed by atoms with van der Waals surface area (Å²) in [6, 6.07) is 0. The van der Waals surface area contributed by atoms with E-state index < -0.39 is 10.0 Å². The van der Waals surface area contributed by atoms with Crippen molar-refractivity contribution in [1.29, 1.82) is 0 Å². The van der Waals surface area contributed by atoms with Crippen LogP contribution in [0.3, 0.4) is 0 Å². The van der Waals surface area contributed by atoms with Gasteiger partial charge in [-0.15, -0.1) is 0 Å². The lowest BCUT2D eigenvalue weighted by Crippen LogP contribution is -2.41. The highest BCUT2D eigenvalue weighted by Crippen LogP contribution is 2.36. The number of sulfonamides is 1. The van der Waals surface area contributed by atoms with Crippen molar-refractivity contribution in [1.82, 2.24) is 14.5 Å². The first kappa shape index (κ1) is 19.5. The van der Waals surface area contributed by atoms with Crippen molar-refractivity contribution in [2.24, 2.45) is 16.3 Å². The maximum Gasteiger partial charge on any atom is 0.211 e. The molecule has 0 aromatic heterocycles. The normalized spacial score (nSPS) is 25.4. The minimum absolute atomic E-state index is 0.332. The largest absolute Gasteiger partial charge is 0.357 e. The summed E-state index contributed by atoms with van der Waals surface area (Å²) in [5.41, 5.74) is 0.427. The Morgan fingerprint density at radius 1 is 1.25 bits per heavy atom. The van der Waals surface area contributed by atoms with Crippen molar-refractivity contribution in [2.45, 2.75) is 46.5 Å². The van der Waals surface area contributed by atoms with Crippen molar-refractivity contribution < 1.29 is 8.42 Å². The van der Waals surface area contributed by atoms with Crippen molar-refractivity contribution in [3.05, 3.63) is 0 Å². The molecule has 2 heterocycles. The van der Waals surface area contributed by atoms with Crippen LogP contribution in [0.4, 0.5) is 0 Å². The Kier molecular flexibility index (Phi) is 6.53. The minimum atomic E-state index is -3.06. The van der Waals surface area contributed by atoms with E-state index in [2.05, 4.69) is 31.0 Å². The maximum absolute atomic E-state index is 11.6. The maximum atomic E-state index is 11.6. The molecular weight excluding hydrogens is 324 g/mol. The number of hydrogen-bond acceptors (Lipinski definition) is 3. The van der Waals surface area contributed by atoms with Crippen molar-refractivity contribution in [3.63, 3.8) is 0 Å². The molecule has 0 spiro atoms. The number of nitrogens with one attached hydrogen (secondary N) is 1. The second-order valence-corrected chi connectivity index (χ2v) is 9.33. The summed E-state index contributed by atoms with van der Waals surface area (Å²) in [5.74, 6) is 1.33. The Morgan fingerprint density at radius 2 is 1.96 bits per heavy atom. The molecule has 0 saturated carbocycles. The van der Waals surface area contributed by atoms with Crippen LogP contribution >= 0.6 is 0 Å². The second-order valence-electron chi connectivity index (χ2n) is 7.35. The molecule has 1 N–H and O–H groups in total. The summed E-state index contributed by atoms with van der Waals surface area (Å²) >= 11 is 0. The summed E-state index contributed by atoms with van der Waals surface area (Å²) in [4.78, 5) is 7.23. The van der Waals surface area contributed by atoms with Crippen LogP contribution in [0.1, 0.15) is 46.5 Å². The standard InChI is InChI=1S/C17H34N4O2S/c1-5-17(6-2)9-11-20(14-17)16(18-7-3)19-12-15-8-10-21(13-15)24(4,22)23/h15H,5-14H2,1-4H3,(H,18,19). The smallest absolute Gasteiger partial charge is 0.211 e. The van der Waals surface area contributed by atoms with Crippen LogP contribution in [0, 0.1) is 11.3 Å². The van der Waals surface area contributed by atoms with Gasteiger partial charge in [0.1, 0.15) is 0 Å². The van der Waals surface area contributed by atoms with Crippen molar-refractivity contribution in [2.75, 3.05) is 45.5 Å². The number of likely N-dealkylation sites (tertiary alicyclic amines) is 1. The lowest BCUT2D eigenvalue weighted by Gasteiger charge is -2.28. The molecule has 6 nitrogen and oxygen atoms in total. The quantitative estimate of drug-likeness (QED) is 0.580. The molecule has 0 aromatic carbocycles. The lowest BCUT2D eigenvalue weighted by atomic mass is 9.82. The molecule has 24 heavy (non-hydrogen) atoms. The predicted octanol–water partition coefficient (Wildman–Crippen LogP) is 1.75. The fraction of sp³-hybridized carbons (Fsp3) is 0.941. The number of aliphatic imine (C=N–C) groups is 1. The Hall–Kier alpha value is -0.820. The zero-order valence-corrected chi connectivity index (χ0v) is 16.5. The molecular formula is C17H34N4O2S. The van der Waals surface area contributed by atoms with Crippen LogP contribution in [0.2, 0.25) is 0 Å². The van der Waals surface area contributed by atoms with Crippen LogP contribution in [0.25, 0.3) is 0 Å². The Morgan fingerprint density at radius 3 is 2.46 bits per heavy atom. The van der Waals surface area contributed by atoms with Gasteiger partial charge in [0.05, 0.1) is 6.26 Å². The highest BCUT2D eigenvalue weighted by Gasteiger charge is 2.36. The summed E-state index contributed by atoms with van der Waals surface area (Å²) in [6.45, 7) is 11.6. The van der Waals surface area contributed by atoms with Gasteiger partial charge in [-0.2, -0.15) is 0 Å². The monoisotopic (exact) mass is 358 g/mol. The van der Waals surface area contributed by atoms with E-state index in [4.69, 9.17) is 4.99 Å². The Bertz CT molecular complexity index is 543. The van der Waals surface area contributed by atoms with Crippen LogP contribution in [-0.2, 0) is 10.0 Å². The van der Waals surface area contributed by atoms with E-state index in [1.807, 2.05) is 0 Å². The molecule has 1 atom stereocenters. The fourth-order valence-electron chi connectivity index (χ4n) is 3.83. The molecule has 0 aromatic rings. The van der Waals surface area contributed by atoms with E-state index in [0.717, 1.165) is 32.0 Å². The molecule has 2 aliphatic rings. The van der Waals surface area contributed by atoms with Gasteiger partial charge in [-0.1, -0.05) is 13.8 Å². The first-order valence-corrected chi connectivity index (χ1v) is 11.2. The molecule has 0 amide bonds. The topological polar surface area (TPSA) is 65.0 Å². The predicted molar refractivity (Wildman–Crippen MR) is 99.7 cm³/mol. The number of nitrogens with zero attached hydrogens (tertiary/aromatic N) is 3. The summed E-state index contributed by atoms with van der Waals surface area (Å²) in [5, 5.41) is 3.42.